The predicted molar refractivity (Wildman–Crippen MR) is 201 cm³/mol. The van der Waals surface area contributed by atoms with Crippen LogP contribution in [0.15, 0.2) is 194 Å². The largest absolute Gasteiger partial charge is 0.310 e. The molecule has 0 atom stereocenters. The van der Waals surface area contributed by atoms with Crippen molar-refractivity contribution >= 4 is 27.8 Å². The zero-order valence-corrected chi connectivity index (χ0v) is 26.8. The molecule has 232 valence electrons. The smallest absolute Gasteiger partial charge is 0.131 e. The first-order chi connectivity index (χ1) is 24.2. The summed E-state index contributed by atoms with van der Waals surface area (Å²) in [4.78, 5) is 2.35. The molecule has 0 saturated heterocycles. The van der Waals surface area contributed by atoms with Crippen LogP contribution >= 0.6 is 0 Å². The van der Waals surface area contributed by atoms with E-state index in [-0.39, 0.29) is 5.82 Å². The summed E-state index contributed by atoms with van der Waals surface area (Å²) in [5, 5.41) is 1.56. The summed E-state index contributed by atoms with van der Waals surface area (Å²) in [7, 11) is 0. The molecule has 1 aliphatic carbocycles. The Balaban J connectivity index is 1.39. The van der Waals surface area contributed by atoms with Crippen LogP contribution in [0.1, 0.15) is 22.3 Å². The fourth-order valence-electron chi connectivity index (χ4n) is 7.96. The van der Waals surface area contributed by atoms with Crippen molar-refractivity contribution in [1.82, 2.24) is 0 Å². The normalized spacial score (nSPS) is 12.8. The highest BCUT2D eigenvalue weighted by molar-refractivity contribution is 6.05. The highest BCUT2D eigenvalue weighted by Gasteiger charge is 2.47. The maximum Gasteiger partial charge on any atom is 0.131 e. The molecule has 0 saturated carbocycles. The third-order valence-electron chi connectivity index (χ3n) is 9.99. The molecule has 0 aromatic heterocycles. The number of para-hydroxylation sites is 2. The number of nitrogens with zero attached hydrogens (tertiary/aromatic N) is 1. The Morgan fingerprint density at radius 3 is 1.63 bits per heavy atom. The molecule has 0 heterocycles. The van der Waals surface area contributed by atoms with Crippen molar-refractivity contribution < 1.29 is 4.39 Å². The average molecular weight is 630 g/mol. The molecule has 0 fully saturated rings. The first kappa shape index (κ1) is 28.9. The Morgan fingerprint density at radius 2 is 0.959 bits per heavy atom. The molecule has 0 radical (unpaired) electrons. The molecule has 8 aromatic carbocycles. The SMILES string of the molecule is Fc1cc2c(c3ccccc13)-c1ccc(N(c3ccccc3)c3ccccc3-c3ccccc3)cc1C2(c1ccccc1)c1ccccc1. The van der Waals surface area contributed by atoms with Crippen molar-refractivity contribution in [2.75, 3.05) is 4.90 Å². The summed E-state index contributed by atoms with van der Waals surface area (Å²) < 4.78 is 16.3. The number of hydrogen-bond acceptors (Lipinski definition) is 1. The van der Waals surface area contributed by atoms with Crippen LogP contribution in [0, 0.1) is 5.82 Å². The minimum absolute atomic E-state index is 0.207. The first-order valence-electron chi connectivity index (χ1n) is 16.7. The van der Waals surface area contributed by atoms with Gasteiger partial charge in [-0.1, -0.05) is 158 Å². The van der Waals surface area contributed by atoms with E-state index in [9.17, 15) is 0 Å². The van der Waals surface area contributed by atoms with Crippen LogP contribution < -0.4 is 4.90 Å². The molecule has 0 bridgehead atoms. The molecule has 0 aliphatic heterocycles. The summed E-state index contributed by atoms with van der Waals surface area (Å²) in [6.45, 7) is 0. The lowest BCUT2D eigenvalue weighted by Crippen LogP contribution is -2.29. The van der Waals surface area contributed by atoms with E-state index in [0.29, 0.717) is 5.39 Å². The number of rotatable bonds is 6. The van der Waals surface area contributed by atoms with Crippen molar-refractivity contribution in [2.45, 2.75) is 5.41 Å². The lowest BCUT2D eigenvalue weighted by molar-refractivity contribution is 0.633. The molecule has 8 aromatic rings. The number of anilines is 3. The highest BCUT2D eigenvalue weighted by Crippen LogP contribution is 2.59. The second kappa shape index (κ2) is 11.8. The topological polar surface area (TPSA) is 3.24 Å². The molecule has 0 amide bonds. The van der Waals surface area contributed by atoms with Gasteiger partial charge < -0.3 is 4.90 Å². The van der Waals surface area contributed by atoms with Gasteiger partial charge in [0.05, 0.1) is 11.1 Å². The Hall–Kier alpha value is -6.25. The number of benzene rings is 8. The van der Waals surface area contributed by atoms with Gasteiger partial charge in [0.2, 0.25) is 0 Å². The van der Waals surface area contributed by atoms with Gasteiger partial charge in [-0.2, -0.15) is 0 Å². The Labute approximate surface area is 286 Å². The van der Waals surface area contributed by atoms with Gasteiger partial charge in [-0.3, -0.25) is 0 Å². The van der Waals surface area contributed by atoms with E-state index in [1.807, 2.05) is 30.3 Å². The third-order valence-corrected chi connectivity index (χ3v) is 9.99. The molecule has 1 nitrogen and oxygen atoms in total. The van der Waals surface area contributed by atoms with Crippen LogP contribution in [0.5, 0.6) is 0 Å². The summed E-state index contributed by atoms with van der Waals surface area (Å²) in [5.74, 6) is -0.207. The third kappa shape index (κ3) is 4.52. The number of fused-ring (bicyclic) bond motifs is 5. The summed E-state index contributed by atoms with van der Waals surface area (Å²) in [5.41, 5.74) is 11.2. The second-order valence-electron chi connectivity index (χ2n) is 12.6. The van der Waals surface area contributed by atoms with Gasteiger partial charge >= 0.3 is 0 Å². The van der Waals surface area contributed by atoms with Crippen LogP contribution in [0.25, 0.3) is 33.0 Å². The summed E-state index contributed by atoms with van der Waals surface area (Å²) in [6, 6.07) is 67.4. The van der Waals surface area contributed by atoms with Crippen molar-refractivity contribution in [3.8, 4) is 22.3 Å². The Bertz CT molecular complexity index is 2400. The van der Waals surface area contributed by atoms with E-state index >= 15 is 4.39 Å². The second-order valence-corrected chi connectivity index (χ2v) is 12.6. The van der Waals surface area contributed by atoms with Gasteiger partial charge in [0, 0.05) is 22.3 Å². The lowest BCUT2D eigenvalue weighted by Gasteiger charge is -2.35. The quantitative estimate of drug-likeness (QED) is 0.177. The van der Waals surface area contributed by atoms with Gasteiger partial charge in [-0.25, -0.2) is 4.39 Å². The van der Waals surface area contributed by atoms with Crippen LogP contribution in [-0.4, -0.2) is 0 Å². The highest BCUT2D eigenvalue weighted by atomic mass is 19.1. The maximum atomic E-state index is 16.3. The standard InChI is InChI=1S/C47H32FN/c48-44-32-43-46(40-27-14-13-26-39(40)44)41-30-29-37(31-42(41)47(43,34-19-7-2-8-20-34)35-21-9-3-10-22-35)49(36-23-11-4-12-24-36)45-28-16-15-25-38(45)33-17-5-1-6-18-33/h1-32H. The number of hydrogen-bond donors (Lipinski definition) is 0. The molecular weight excluding hydrogens is 598 g/mol. The monoisotopic (exact) mass is 629 g/mol. The fraction of sp³-hybridized carbons (Fsp3) is 0.0213. The van der Waals surface area contributed by atoms with Crippen molar-refractivity contribution in [2.24, 2.45) is 0 Å². The van der Waals surface area contributed by atoms with E-state index in [2.05, 4.69) is 163 Å². The first-order valence-corrected chi connectivity index (χ1v) is 16.7. The van der Waals surface area contributed by atoms with Crippen LogP contribution in [0.4, 0.5) is 21.5 Å². The average Bonchev–Trinajstić information content (AvgIpc) is 3.47. The van der Waals surface area contributed by atoms with Crippen LogP contribution in [0.2, 0.25) is 0 Å². The minimum atomic E-state index is -0.755. The molecule has 2 heteroatoms. The maximum absolute atomic E-state index is 16.3. The van der Waals surface area contributed by atoms with Crippen molar-refractivity contribution in [3.05, 3.63) is 222 Å². The zero-order chi connectivity index (χ0) is 32.8. The zero-order valence-electron chi connectivity index (χ0n) is 26.8. The molecule has 9 rings (SSSR count). The molecule has 0 N–H and O–H groups in total. The van der Waals surface area contributed by atoms with Gasteiger partial charge in [-0.05, 0) is 80.7 Å². The van der Waals surface area contributed by atoms with E-state index in [1.165, 1.54) is 0 Å². The molecular formula is C47H32FN. The van der Waals surface area contributed by atoms with Gasteiger partial charge in [-0.15, -0.1) is 0 Å². The summed E-state index contributed by atoms with van der Waals surface area (Å²) >= 11 is 0. The number of halogens is 1. The fourth-order valence-corrected chi connectivity index (χ4v) is 7.96. The van der Waals surface area contributed by atoms with Crippen molar-refractivity contribution in [1.29, 1.82) is 0 Å². The van der Waals surface area contributed by atoms with E-state index in [4.69, 9.17) is 0 Å². The van der Waals surface area contributed by atoms with E-state index < -0.39 is 5.41 Å². The molecule has 1 aliphatic rings. The summed E-state index contributed by atoms with van der Waals surface area (Å²) in [6.07, 6.45) is 0. The molecule has 49 heavy (non-hydrogen) atoms. The van der Waals surface area contributed by atoms with E-state index in [1.54, 1.807) is 6.07 Å². The van der Waals surface area contributed by atoms with Gasteiger partial charge in [0.15, 0.2) is 0 Å². The minimum Gasteiger partial charge on any atom is -0.310 e. The van der Waals surface area contributed by atoms with Gasteiger partial charge in [0.1, 0.15) is 5.82 Å². The van der Waals surface area contributed by atoms with Crippen LogP contribution in [-0.2, 0) is 5.41 Å². The predicted octanol–water partition coefficient (Wildman–Crippen LogP) is 12.5. The lowest BCUT2D eigenvalue weighted by atomic mass is 9.67. The molecule has 0 unspecified atom stereocenters. The van der Waals surface area contributed by atoms with Crippen molar-refractivity contribution in [3.63, 3.8) is 0 Å². The Kier molecular flexibility index (Phi) is 6.95. The van der Waals surface area contributed by atoms with E-state index in [0.717, 1.165) is 67.0 Å². The van der Waals surface area contributed by atoms with Crippen LogP contribution in [0.3, 0.4) is 0 Å². The van der Waals surface area contributed by atoms with Gasteiger partial charge in [0.25, 0.3) is 0 Å². The molecule has 0 spiro atoms. The Morgan fingerprint density at radius 1 is 0.408 bits per heavy atom.